The predicted octanol–water partition coefficient (Wildman–Crippen LogP) is 10.5. The Morgan fingerprint density at radius 1 is 0.543 bits per heavy atom. The molecule has 4 N–H and O–H groups in total. The molecule has 0 saturated carbocycles. The van der Waals surface area contributed by atoms with E-state index in [-0.39, 0.29) is 0 Å². The van der Waals surface area contributed by atoms with Gasteiger partial charge in [-0.05, 0) is 19.3 Å². The van der Waals surface area contributed by atoms with Gasteiger partial charge in [-0.2, -0.15) is 0 Å². The van der Waals surface area contributed by atoms with Gasteiger partial charge < -0.3 is 5.09 Å². The Bertz CT molecular complexity index is 484. The average Bonchev–Trinajstić information content (AvgIpc) is 2.84. The number of nitrogens with one attached hydrogen (secondary N) is 2. The molecule has 0 amide bonds. The van der Waals surface area contributed by atoms with Crippen molar-refractivity contribution in [2.24, 2.45) is 5.50 Å². The van der Waals surface area contributed by atoms with Gasteiger partial charge in [-0.15, -0.1) is 0 Å². The highest BCUT2D eigenvalue weighted by Gasteiger charge is 2.10. The molecule has 1 unspecified atom stereocenters. The monoisotopic (exact) mass is 513 g/mol. The maximum atomic E-state index is 12.3. The first kappa shape index (κ1) is 34.7. The average molecular weight is 514 g/mol. The van der Waals surface area contributed by atoms with Gasteiger partial charge >= 0.3 is 0 Å². The maximum Gasteiger partial charge on any atom is 0.300 e. The van der Waals surface area contributed by atoms with E-state index in [1.165, 1.54) is 148 Å². The van der Waals surface area contributed by atoms with Gasteiger partial charge in [0.05, 0.1) is 0 Å². The minimum atomic E-state index is -2.94. The molecule has 0 aromatic heterocycles. The van der Waals surface area contributed by atoms with Crippen molar-refractivity contribution in [1.29, 1.82) is 0 Å². The van der Waals surface area contributed by atoms with Crippen LogP contribution in [0.25, 0.3) is 0 Å². The highest BCUT2D eigenvalue weighted by atomic mass is 31.2. The van der Waals surface area contributed by atoms with E-state index in [2.05, 4.69) is 30.1 Å². The molecule has 4 nitrogen and oxygen atoms in total. The highest BCUT2D eigenvalue weighted by molar-refractivity contribution is 7.57. The molecule has 0 saturated heterocycles. The van der Waals surface area contributed by atoms with Crippen LogP contribution >= 0.6 is 7.59 Å². The number of hydrogen-bond acceptors (Lipinski definition) is 1. The number of rotatable bonds is 29. The third-order valence-corrected chi connectivity index (χ3v) is 8.21. The fourth-order valence-corrected chi connectivity index (χ4v) is 5.52. The van der Waals surface area contributed by atoms with Gasteiger partial charge in [0.2, 0.25) is 0 Å². The molecule has 0 aliphatic heterocycles. The molecule has 0 aromatic rings. The van der Waals surface area contributed by atoms with E-state index in [4.69, 9.17) is 5.50 Å². The number of nitrogens with two attached hydrogens (primary N) is 1. The molecule has 0 heterocycles. The molecule has 0 aliphatic carbocycles. The third kappa shape index (κ3) is 29.8. The van der Waals surface area contributed by atoms with Crippen LogP contribution in [0, 0.1) is 0 Å². The van der Waals surface area contributed by atoms with Gasteiger partial charge in [0.25, 0.3) is 7.59 Å². The van der Waals surface area contributed by atoms with Crippen molar-refractivity contribution in [2.45, 2.75) is 174 Å². The van der Waals surface area contributed by atoms with E-state index in [0.29, 0.717) is 0 Å². The standard InChI is InChI=1S/C30H64N3OP/c1-3-5-7-9-11-13-14-15-16-17-18-19-20-21-22-24-26-28-30-33-35(31,34)32-29-27-25-23-12-10-8-6-4-2/h28,30H,3-27,29H2,1-2H3,(H4,31,32,33,34). The molecule has 0 radical (unpaired) electrons. The van der Waals surface area contributed by atoms with E-state index in [9.17, 15) is 4.57 Å². The Balaban J connectivity index is 3.33. The minimum Gasteiger partial charge on any atom is -0.320 e. The summed E-state index contributed by atoms with van der Waals surface area (Å²) in [7, 11) is -2.94. The normalized spacial score (nSPS) is 13.5. The van der Waals surface area contributed by atoms with Gasteiger partial charge in [-0.3, -0.25) is 10.1 Å². The molecular weight excluding hydrogens is 449 g/mol. The number of hydrogen-bond donors (Lipinski definition) is 3. The summed E-state index contributed by atoms with van der Waals surface area (Å²) in [6.45, 7) is 5.26. The van der Waals surface area contributed by atoms with E-state index in [0.717, 1.165) is 19.4 Å². The van der Waals surface area contributed by atoms with Crippen LogP contribution in [0.2, 0.25) is 0 Å². The predicted molar refractivity (Wildman–Crippen MR) is 159 cm³/mol. The molecular formula is C30H64N3OP. The van der Waals surface area contributed by atoms with Crippen molar-refractivity contribution < 1.29 is 4.57 Å². The molecule has 35 heavy (non-hydrogen) atoms. The van der Waals surface area contributed by atoms with Crippen LogP contribution in [0.5, 0.6) is 0 Å². The molecule has 0 aromatic carbocycles. The first-order chi connectivity index (χ1) is 17.1. The van der Waals surface area contributed by atoms with Gasteiger partial charge in [0, 0.05) is 12.7 Å². The van der Waals surface area contributed by atoms with Crippen LogP contribution in [0.15, 0.2) is 12.3 Å². The lowest BCUT2D eigenvalue weighted by Gasteiger charge is -2.14. The summed E-state index contributed by atoms with van der Waals surface area (Å²) in [5, 5.41) is 5.88. The van der Waals surface area contributed by atoms with Crippen molar-refractivity contribution in [2.75, 3.05) is 6.54 Å². The molecule has 210 valence electrons. The fraction of sp³-hybridized carbons (Fsp3) is 0.933. The van der Waals surface area contributed by atoms with Crippen LogP contribution in [0.3, 0.4) is 0 Å². The lowest BCUT2D eigenvalue weighted by atomic mass is 10.0. The Kier molecular flexibility index (Phi) is 28.0. The zero-order chi connectivity index (χ0) is 25.7. The molecule has 0 rings (SSSR count). The van der Waals surface area contributed by atoms with Crippen molar-refractivity contribution in [3.05, 3.63) is 12.3 Å². The van der Waals surface area contributed by atoms with E-state index < -0.39 is 7.59 Å². The molecule has 0 fully saturated rings. The quantitative estimate of drug-likeness (QED) is 0.0687. The van der Waals surface area contributed by atoms with E-state index in [1.54, 1.807) is 6.20 Å². The van der Waals surface area contributed by atoms with Crippen LogP contribution < -0.4 is 15.7 Å². The van der Waals surface area contributed by atoms with E-state index in [1.807, 2.05) is 0 Å². The number of unbranched alkanes of at least 4 members (excludes halogenated alkanes) is 23. The van der Waals surface area contributed by atoms with Crippen molar-refractivity contribution in [3.8, 4) is 0 Å². The molecule has 0 aliphatic rings. The lowest BCUT2D eigenvalue weighted by molar-refractivity contribution is 0.530. The van der Waals surface area contributed by atoms with Crippen LogP contribution in [0.4, 0.5) is 0 Å². The van der Waals surface area contributed by atoms with Crippen LogP contribution in [-0.4, -0.2) is 6.54 Å². The molecule has 0 spiro atoms. The zero-order valence-electron chi connectivity index (χ0n) is 24.0. The second kappa shape index (κ2) is 28.3. The summed E-state index contributed by atoms with van der Waals surface area (Å²) in [6.07, 6.45) is 37.4. The summed E-state index contributed by atoms with van der Waals surface area (Å²) in [4.78, 5) is 0. The first-order valence-corrected chi connectivity index (χ1v) is 17.5. The van der Waals surface area contributed by atoms with Gasteiger partial charge in [0.15, 0.2) is 0 Å². The van der Waals surface area contributed by atoms with Crippen molar-refractivity contribution >= 4 is 7.59 Å². The zero-order valence-corrected chi connectivity index (χ0v) is 24.9. The summed E-state index contributed by atoms with van der Waals surface area (Å²) in [5.74, 6) is 0. The molecule has 0 bridgehead atoms. The summed E-state index contributed by atoms with van der Waals surface area (Å²) < 4.78 is 12.3. The Morgan fingerprint density at radius 2 is 0.886 bits per heavy atom. The van der Waals surface area contributed by atoms with Crippen molar-refractivity contribution in [3.63, 3.8) is 0 Å². The summed E-state index contributed by atoms with van der Waals surface area (Å²) in [6, 6.07) is 0. The van der Waals surface area contributed by atoms with Gasteiger partial charge in [-0.1, -0.05) is 161 Å². The largest absolute Gasteiger partial charge is 0.320 e. The molecule has 5 heteroatoms. The number of allylic oxidation sites excluding steroid dienone is 1. The minimum absolute atomic E-state index is 0.725. The van der Waals surface area contributed by atoms with E-state index >= 15 is 0 Å². The second-order valence-electron chi connectivity index (χ2n) is 10.7. The Labute approximate surface area is 221 Å². The lowest BCUT2D eigenvalue weighted by Crippen LogP contribution is -2.25. The summed E-state index contributed by atoms with van der Waals surface area (Å²) in [5.41, 5.74) is 5.87. The SMILES string of the molecule is CCCCCCCCCCCCCCCCCCC=CNP(N)(=O)NCCCCCCCCCC. The molecule has 1 atom stereocenters. The summed E-state index contributed by atoms with van der Waals surface area (Å²) >= 11 is 0. The van der Waals surface area contributed by atoms with Gasteiger partial charge in [-0.25, -0.2) is 5.09 Å². The fourth-order valence-electron chi connectivity index (χ4n) is 4.61. The van der Waals surface area contributed by atoms with Crippen LogP contribution in [-0.2, 0) is 4.57 Å². The smallest absolute Gasteiger partial charge is 0.300 e. The topological polar surface area (TPSA) is 67.1 Å². The van der Waals surface area contributed by atoms with Gasteiger partial charge in [0.1, 0.15) is 0 Å². The second-order valence-corrected chi connectivity index (χ2v) is 12.6. The third-order valence-electron chi connectivity index (χ3n) is 6.99. The highest BCUT2D eigenvalue weighted by Crippen LogP contribution is 2.24. The van der Waals surface area contributed by atoms with Crippen molar-refractivity contribution in [1.82, 2.24) is 10.2 Å². The first-order valence-electron chi connectivity index (χ1n) is 15.7. The van der Waals surface area contributed by atoms with Crippen LogP contribution in [0.1, 0.15) is 174 Å². The Morgan fingerprint density at radius 3 is 1.29 bits per heavy atom. The Hall–Kier alpha value is -0.310. The maximum absolute atomic E-state index is 12.3.